The van der Waals surface area contributed by atoms with Gasteiger partial charge in [0.25, 0.3) is 0 Å². The van der Waals surface area contributed by atoms with Crippen LogP contribution in [-0.2, 0) is 11.2 Å². The molecule has 0 atom stereocenters. The first-order chi connectivity index (χ1) is 9.16. The van der Waals surface area contributed by atoms with Gasteiger partial charge in [-0.05, 0) is 46.3 Å². The highest BCUT2D eigenvalue weighted by molar-refractivity contribution is 9.10. The molecule has 2 aromatic rings. The minimum atomic E-state index is -0.540. The zero-order valence-corrected chi connectivity index (χ0v) is 11.6. The van der Waals surface area contributed by atoms with Crippen molar-refractivity contribution in [1.29, 1.82) is 0 Å². The van der Waals surface area contributed by atoms with Crippen LogP contribution in [0, 0.1) is 5.82 Å². The van der Waals surface area contributed by atoms with Gasteiger partial charge in [0.2, 0.25) is 0 Å². The van der Waals surface area contributed by atoms with Crippen molar-refractivity contribution in [1.82, 2.24) is 4.98 Å². The zero-order valence-electron chi connectivity index (χ0n) is 9.98. The van der Waals surface area contributed by atoms with E-state index in [-0.39, 0.29) is 12.2 Å². The molecule has 1 aromatic heterocycles. The van der Waals surface area contributed by atoms with Gasteiger partial charge in [-0.3, -0.25) is 4.98 Å². The highest BCUT2D eigenvalue weighted by Gasteiger charge is 2.10. The van der Waals surface area contributed by atoms with Crippen molar-refractivity contribution in [2.45, 2.75) is 6.42 Å². The number of carbonyl (C=O) groups excluding carboxylic acids is 1. The minimum Gasteiger partial charge on any atom is -0.462 e. The molecular formula is C14H11BrFNO2. The van der Waals surface area contributed by atoms with Crippen LogP contribution in [0.25, 0.3) is 0 Å². The second-order valence-electron chi connectivity index (χ2n) is 3.84. The van der Waals surface area contributed by atoms with Gasteiger partial charge in [0.15, 0.2) is 0 Å². The molecular weight excluding hydrogens is 313 g/mol. The van der Waals surface area contributed by atoms with E-state index >= 15 is 0 Å². The van der Waals surface area contributed by atoms with Gasteiger partial charge in [0.1, 0.15) is 5.82 Å². The van der Waals surface area contributed by atoms with Crippen molar-refractivity contribution < 1.29 is 13.9 Å². The molecule has 0 amide bonds. The third kappa shape index (κ3) is 3.86. The smallest absolute Gasteiger partial charge is 0.338 e. The molecule has 0 N–H and O–H groups in total. The second kappa shape index (κ2) is 6.43. The number of hydrogen-bond acceptors (Lipinski definition) is 3. The fraction of sp³-hybridized carbons (Fsp3) is 0.143. The summed E-state index contributed by atoms with van der Waals surface area (Å²) < 4.78 is 18.6. The summed E-state index contributed by atoms with van der Waals surface area (Å²) in [4.78, 5) is 15.8. The molecule has 19 heavy (non-hydrogen) atoms. The molecule has 0 aliphatic carbocycles. The van der Waals surface area contributed by atoms with E-state index in [1.54, 1.807) is 6.20 Å². The molecule has 0 radical (unpaired) electrons. The van der Waals surface area contributed by atoms with Gasteiger partial charge < -0.3 is 4.74 Å². The normalized spacial score (nSPS) is 10.2. The summed E-state index contributed by atoms with van der Waals surface area (Å²) in [5, 5.41) is 0. The Labute approximate surface area is 118 Å². The zero-order chi connectivity index (χ0) is 13.7. The van der Waals surface area contributed by atoms with E-state index < -0.39 is 11.8 Å². The topological polar surface area (TPSA) is 39.2 Å². The molecule has 1 aromatic carbocycles. The largest absolute Gasteiger partial charge is 0.462 e. The van der Waals surface area contributed by atoms with Crippen molar-refractivity contribution in [3.05, 3.63) is 64.1 Å². The lowest BCUT2D eigenvalue weighted by Gasteiger charge is -2.05. The molecule has 0 unspecified atom stereocenters. The Kier molecular flexibility index (Phi) is 4.63. The van der Waals surface area contributed by atoms with Gasteiger partial charge in [-0.25, -0.2) is 9.18 Å². The van der Waals surface area contributed by atoms with E-state index in [1.807, 2.05) is 18.2 Å². The Morgan fingerprint density at radius 2 is 2.16 bits per heavy atom. The molecule has 0 bridgehead atoms. The van der Waals surface area contributed by atoms with E-state index in [9.17, 15) is 9.18 Å². The Hall–Kier alpha value is -1.75. The number of pyridine rings is 1. The average Bonchev–Trinajstić information content (AvgIpc) is 2.43. The first-order valence-electron chi connectivity index (χ1n) is 5.69. The van der Waals surface area contributed by atoms with Gasteiger partial charge in [-0.1, -0.05) is 6.07 Å². The number of esters is 1. The fourth-order valence-corrected chi connectivity index (χ4v) is 1.75. The summed E-state index contributed by atoms with van der Waals surface area (Å²) in [5.74, 6) is -1.03. The van der Waals surface area contributed by atoms with Crippen molar-refractivity contribution in [3.8, 4) is 0 Å². The van der Waals surface area contributed by atoms with Gasteiger partial charge in [0, 0.05) is 18.3 Å². The van der Waals surface area contributed by atoms with Crippen molar-refractivity contribution in [3.63, 3.8) is 0 Å². The maximum absolute atomic E-state index is 13.3. The van der Waals surface area contributed by atoms with Gasteiger partial charge >= 0.3 is 5.97 Å². The third-order valence-electron chi connectivity index (χ3n) is 2.47. The molecule has 0 saturated carbocycles. The van der Waals surface area contributed by atoms with Crippen molar-refractivity contribution in [2.75, 3.05) is 6.61 Å². The fourth-order valence-electron chi connectivity index (χ4n) is 1.50. The highest BCUT2D eigenvalue weighted by atomic mass is 79.9. The van der Waals surface area contributed by atoms with Crippen LogP contribution in [0.5, 0.6) is 0 Å². The molecule has 0 aliphatic heterocycles. The van der Waals surface area contributed by atoms with Crippen LogP contribution in [0.4, 0.5) is 4.39 Å². The molecule has 98 valence electrons. The number of carbonyl (C=O) groups is 1. The Morgan fingerprint density at radius 3 is 2.84 bits per heavy atom. The van der Waals surface area contributed by atoms with Gasteiger partial charge in [-0.15, -0.1) is 0 Å². The van der Waals surface area contributed by atoms with E-state index in [4.69, 9.17) is 4.74 Å². The monoisotopic (exact) mass is 323 g/mol. The number of hydrogen-bond donors (Lipinski definition) is 0. The highest BCUT2D eigenvalue weighted by Crippen LogP contribution is 2.16. The third-order valence-corrected chi connectivity index (χ3v) is 3.12. The summed E-state index contributed by atoms with van der Waals surface area (Å²) in [6.45, 7) is 0.216. The number of benzene rings is 1. The molecule has 0 aliphatic rings. The quantitative estimate of drug-likeness (QED) is 0.810. The molecule has 0 spiro atoms. The van der Waals surface area contributed by atoms with Crippen LogP contribution in [0.1, 0.15) is 16.1 Å². The molecule has 1 heterocycles. The number of ether oxygens (including phenoxy) is 1. The van der Waals surface area contributed by atoms with Crippen LogP contribution in [0.3, 0.4) is 0 Å². The van der Waals surface area contributed by atoms with Crippen LogP contribution in [0.15, 0.2) is 47.1 Å². The summed E-state index contributed by atoms with van der Waals surface area (Å²) in [6, 6.07) is 9.68. The summed E-state index contributed by atoms with van der Waals surface area (Å²) in [5.41, 5.74) is 1.04. The molecule has 0 saturated heterocycles. The maximum atomic E-state index is 13.3. The average molecular weight is 324 g/mol. The molecule has 0 fully saturated rings. The lowest BCUT2D eigenvalue weighted by atomic mass is 10.2. The number of aromatic nitrogens is 1. The molecule has 5 heteroatoms. The van der Waals surface area contributed by atoms with E-state index in [0.29, 0.717) is 10.9 Å². The summed E-state index contributed by atoms with van der Waals surface area (Å²) in [7, 11) is 0. The second-order valence-corrected chi connectivity index (χ2v) is 4.69. The standard InChI is InChI=1S/C14H11BrFNO2/c15-12-5-4-10(9-13(12)16)14(18)19-8-6-11-3-1-2-7-17-11/h1-5,7,9H,6,8H2. The Bertz CT molecular complexity index is 575. The van der Waals surface area contributed by atoms with Crippen molar-refractivity contribution >= 4 is 21.9 Å². The summed E-state index contributed by atoms with van der Waals surface area (Å²) >= 11 is 3.03. The first-order valence-corrected chi connectivity index (χ1v) is 6.48. The molecule has 2 rings (SSSR count). The van der Waals surface area contributed by atoms with E-state index in [0.717, 1.165) is 11.8 Å². The lowest BCUT2D eigenvalue weighted by Crippen LogP contribution is -2.09. The Morgan fingerprint density at radius 1 is 1.32 bits per heavy atom. The van der Waals surface area contributed by atoms with E-state index in [2.05, 4.69) is 20.9 Å². The number of rotatable bonds is 4. The SMILES string of the molecule is O=C(OCCc1ccccn1)c1ccc(Br)c(F)c1. The Balaban J connectivity index is 1.89. The number of nitrogens with zero attached hydrogens (tertiary/aromatic N) is 1. The van der Waals surface area contributed by atoms with Crippen LogP contribution in [0.2, 0.25) is 0 Å². The minimum absolute atomic E-state index is 0.196. The van der Waals surface area contributed by atoms with Crippen LogP contribution < -0.4 is 0 Å². The van der Waals surface area contributed by atoms with Crippen molar-refractivity contribution in [2.24, 2.45) is 0 Å². The van der Waals surface area contributed by atoms with Crippen LogP contribution >= 0.6 is 15.9 Å². The predicted octanol–water partition coefficient (Wildman–Crippen LogP) is 3.38. The van der Waals surface area contributed by atoms with Gasteiger partial charge in [-0.2, -0.15) is 0 Å². The lowest BCUT2D eigenvalue weighted by molar-refractivity contribution is 0.0508. The van der Waals surface area contributed by atoms with E-state index in [1.165, 1.54) is 12.1 Å². The maximum Gasteiger partial charge on any atom is 0.338 e. The number of halogens is 2. The predicted molar refractivity (Wildman–Crippen MR) is 72.3 cm³/mol. The van der Waals surface area contributed by atoms with Crippen LogP contribution in [-0.4, -0.2) is 17.6 Å². The molecule has 3 nitrogen and oxygen atoms in total. The first kappa shape index (κ1) is 13.7. The van der Waals surface area contributed by atoms with Gasteiger partial charge in [0.05, 0.1) is 16.6 Å². The summed E-state index contributed by atoms with van der Waals surface area (Å²) in [6.07, 6.45) is 2.22.